The summed E-state index contributed by atoms with van der Waals surface area (Å²) in [6.45, 7) is 1.11. The largest absolute Gasteiger partial charge is 0.505 e. The second-order valence-electron chi connectivity index (χ2n) is 4.13. The van der Waals surface area contributed by atoms with Crippen molar-refractivity contribution in [3.63, 3.8) is 0 Å². The number of nitrogens with zero attached hydrogens (tertiary/aromatic N) is 1. The van der Waals surface area contributed by atoms with Crippen LogP contribution in [0.15, 0.2) is 36.5 Å². The average Bonchev–Trinajstić information content (AvgIpc) is 2.44. The van der Waals surface area contributed by atoms with Crippen LogP contribution in [0.2, 0.25) is 0 Å². The Hall–Kier alpha value is -1.96. The number of hydroxylamine groups is 1. The fourth-order valence-corrected chi connectivity index (χ4v) is 1.62. The van der Waals surface area contributed by atoms with Crippen molar-refractivity contribution < 1.29 is 23.9 Å². The van der Waals surface area contributed by atoms with Crippen LogP contribution in [0.4, 0.5) is 4.39 Å². The molecular formula is C14H11FN2NaO4. The molecule has 0 aliphatic rings. The van der Waals surface area contributed by atoms with E-state index in [1.165, 1.54) is 30.5 Å². The Morgan fingerprint density at radius 2 is 2.00 bits per heavy atom. The molecule has 1 aromatic heterocycles. The molecule has 0 unspecified atom stereocenters. The van der Waals surface area contributed by atoms with Gasteiger partial charge in [0.05, 0.1) is 0 Å². The van der Waals surface area contributed by atoms with Gasteiger partial charge in [0, 0.05) is 48.2 Å². The fraction of sp³-hybridized carbons (Fsp3) is 0.0714. The molecule has 2 rings (SSSR count). The zero-order valence-electron chi connectivity index (χ0n) is 12.0. The summed E-state index contributed by atoms with van der Waals surface area (Å²) >= 11 is 0. The summed E-state index contributed by atoms with van der Waals surface area (Å²) in [7, 11) is 0. The van der Waals surface area contributed by atoms with Crippen LogP contribution in [0, 0.1) is 5.82 Å². The van der Waals surface area contributed by atoms with Crippen molar-refractivity contribution in [3.8, 4) is 16.9 Å². The summed E-state index contributed by atoms with van der Waals surface area (Å²) in [5.41, 5.74) is 2.47. The molecule has 0 saturated carbocycles. The maximum Gasteiger partial charge on any atom is 0.329 e. The number of hydrogen-bond donors (Lipinski definition) is 2. The molecule has 8 heteroatoms. The minimum absolute atomic E-state index is 0. The van der Waals surface area contributed by atoms with E-state index in [4.69, 9.17) is 0 Å². The van der Waals surface area contributed by atoms with Gasteiger partial charge in [0.2, 0.25) is 0 Å². The van der Waals surface area contributed by atoms with Crippen molar-refractivity contribution in [2.45, 2.75) is 6.92 Å². The van der Waals surface area contributed by atoms with Crippen LogP contribution in [0.1, 0.15) is 17.4 Å². The molecule has 1 heterocycles. The van der Waals surface area contributed by atoms with Gasteiger partial charge in [-0.05, 0) is 23.8 Å². The molecule has 0 spiro atoms. The Balaban J connectivity index is 0.00000242. The zero-order chi connectivity index (χ0) is 15.4. The van der Waals surface area contributed by atoms with Crippen LogP contribution in [0.25, 0.3) is 11.1 Å². The van der Waals surface area contributed by atoms with Crippen LogP contribution in [-0.4, -0.2) is 51.5 Å². The van der Waals surface area contributed by atoms with E-state index in [-0.39, 0.29) is 35.3 Å². The molecule has 0 aliphatic carbocycles. The number of nitrogens with one attached hydrogen (secondary N) is 1. The predicted octanol–water partition coefficient (Wildman–Crippen LogP) is 1.42. The molecule has 1 radical (unpaired) electrons. The third-order valence-corrected chi connectivity index (χ3v) is 2.53. The first-order valence-electron chi connectivity index (χ1n) is 5.90. The molecule has 22 heavy (non-hydrogen) atoms. The van der Waals surface area contributed by atoms with Crippen molar-refractivity contribution in [1.29, 1.82) is 0 Å². The third-order valence-electron chi connectivity index (χ3n) is 2.53. The number of carbonyl (C=O) groups excluding carboxylic acids is 2. The minimum atomic E-state index is -0.867. The van der Waals surface area contributed by atoms with Crippen molar-refractivity contribution >= 4 is 41.4 Å². The van der Waals surface area contributed by atoms with E-state index in [1.807, 2.05) is 5.48 Å². The van der Waals surface area contributed by atoms with Crippen LogP contribution >= 0.6 is 0 Å². The number of amides is 1. The van der Waals surface area contributed by atoms with Gasteiger partial charge in [0.1, 0.15) is 11.6 Å². The number of carbonyl (C=O) groups is 2. The number of aromatic nitrogens is 1. The van der Waals surface area contributed by atoms with Gasteiger partial charge in [-0.25, -0.2) is 9.37 Å². The molecule has 109 valence electrons. The van der Waals surface area contributed by atoms with E-state index in [0.29, 0.717) is 11.1 Å². The van der Waals surface area contributed by atoms with E-state index in [9.17, 15) is 19.1 Å². The van der Waals surface area contributed by atoms with Crippen LogP contribution in [-0.2, 0) is 9.63 Å². The maximum absolute atomic E-state index is 13.1. The van der Waals surface area contributed by atoms with Crippen LogP contribution < -0.4 is 5.48 Å². The normalized spacial score (nSPS) is 9.55. The van der Waals surface area contributed by atoms with E-state index < -0.39 is 23.4 Å². The summed E-state index contributed by atoms with van der Waals surface area (Å²) < 4.78 is 13.1. The topological polar surface area (TPSA) is 88.5 Å². The van der Waals surface area contributed by atoms with Gasteiger partial charge >= 0.3 is 11.9 Å². The van der Waals surface area contributed by atoms with Crippen molar-refractivity contribution in [2.24, 2.45) is 0 Å². The molecule has 0 atom stereocenters. The number of halogens is 1. The molecular weight excluding hydrogens is 302 g/mol. The second-order valence-corrected chi connectivity index (χ2v) is 4.13. The van der Waals surface area contributed by atoms with Gasteiger partial charge < -0.3 is 9.94 Å². The number of hydrogen-bond acceptors (Lipinski definition) is 5. The Morgan fingerprint density at radius 1 is 1.27 bits per heavy atom. The molecule has 6 nitrogen and oxygen atoms in total. The molecule has 0 aliphatic heterocycles. The van der Waals surface area contributed by atoms with E-state index in [0.717, 1.165) is 6.92 Å². The Morgan fingerprint density at radius 3 is 2.59 bits per heavy atom. The SMILES string of the molecule is CC(=O)ONC(=O)c1ncc(-c2cccc(F)c2)cc1O.[Na]. The molecule has 0 saturated heterocycles. The smallest absolute Gasteiger partial charge is 0.329 e. The first-order chi connectivity index (χ1) is 9.97. The molecule has 0 fully saturated rings. The summed E-state index contributed by atoms with van der Waals surface area (Å²) in [6.07, 6.45) is 1.30. The van der Waals surface area contributed by atoms with E-state index in [1.54, 1.807) is 6.07 Å². The number of rotatable bonds is 2. The Kier molecular flexibility index (Phi) is 6.48. The third kappa shape index (κ3) is 4.52. The minimum Gasteiger partial charge on any atom is -0.505 e. The monoisotopic (exact) mass is 313 g/mol. The van der Waals surface area contributed by atoms with Gasteiger partial charge in [0.25, 0.3) is 0 Å². The molecule has 2 N–H and O–H groups in total. The Labute approximate surface area is 147 Å². The standard InChI is InChI=1S/C14H11FN2O4.Na/c1-8(18)21-17-14(20)13-12(19)6-10(7-16-13)9-3-2-4-11(15)5-9;/h2-7,19H,1H3,(H,17,20);. The quantitative estimate of drug-likeness (QED) is 0.646. The van der Waals surface area contributed by atoms with E-state index >= 15 is 0 Å². The van der Waals surface area contributed by atoms with Gasteiger partial charge in [0.15, 0.2) is 5.69 Å². The number of pyridine rings is 1. The van der Waals surface area contributed by atoms with Gasteiger partial charge in [-0.15, -0.1) is 0 Å². The van der Waals surface area contributed by atoms with Gasteiger partial charge in [-0.2, -0.15) is 5.48 Å². The van der Waals surface area contributed by atoms with Crippen LogP contribution in [0.3, 0.4) is 0 Å². The Bertz CT molecular complexity index is 709. The summed E-state index contributed by atoms with van der Waals surface area (Å²) in [4.78, 5) is 30.3. The van der Waals surface area contributed by atoms with Crippen LogP contribution in [0.5, 0.6) is 5.75 Å². The zero-order valence-corrected chi connectivity index (χ0v) is 14.0. The molecule has 2 aromatic rings. The van der Waals surface area contributed by atoms with Crippen molar-refractivity contribution in [2.75, 3.05) is 0 Å². The second kappa shape index (κ2) is 7.88. The number of aromatic hydroxyl groups is 1. The first kappa shape index (κ1) is 18.1. The molecule has 0 bridgehead atoms. The summed E-state index contributed by atoms with van der Waals surface area (Å²) in [6, 6.07) is 6.98. The maximum atomic E-state index is 13.1. The van der Waals surface area contributed by atoms with Gasteiger partial charge in [-0.1, -0.05) is 12.1 Å². The summed E-state index contributed by atoms with van der Waals surface area (Å²) in [5.74, 6) is -2.42. The van der Waals surface area contributed by atoms with Crippen molar-refractivity contribution in [3.05, 3.63) is 48.0 Å². The van der Waals surface area contributed by atoms with E-state index in [2.05, 4.69) is 9.82 Å². The van der Waals surface area contributed by atoms with Crippen molar-refractivity contribution in [1.82, 2.24) is 10.5 Å². The first-order valence-corrected chi connectivity index (χ1v) is 5.90. The van der Waals surface area contributed by atoms with Gasteiger partial charge in [-0.3, -0.25) is 9.59 Å². The molecule has 1 aromatic carbocycles. The summed E-state index contributed by atoms with van der Waals surface area (Å²) in [5, 5.41) is 9.80. The fourth-order valence-electron chi connectivity index (χ4n) is 1.62. The average molecular weight is 313 g/mol. The molecule has 1 amide bonds. The number of benzene rings is 1. The predicted molar refractivity (Wildman–Crippen MR) is 76.3 cm³/mol.